The molecule has 0 fully saturated rings. The smallest absolute Gasteiger partial charge is 0.137 e. The van der Waals surface area contributed by atoms with Gasteiger partial charge in [-0.25, -0.2) is 5.43 Å². The molecular weight excluding hydrogens is 238 g/mol. The number of carbonyl (C=O) groups excluding carboxylic acids is 1. The van der Waals surface area contributed by atoms with Crippen molar-refractivity contribution in [3.8, 4) is 0 Å². The number of nitrogens with zero attached hydrogens (tertiary/aromatic N) is 1. The highest BCUT2D eigenvalue weighted by Crippen LogP contribution is 2.28. The van der Waals surface area contributed by atoms with E-state index < -0.39 is 0 Å². The second-order valence-corrected chi connectivity index (χ2v) is 4.71. The lowest BCUT2D eigenvalue weighted by molar-refractivity contribution is -0.118. The van der Waals surface area contributed by atoms with Gasteiger partial charge in [0.05, 0.1) is 6.54 Å². The summed E-state index contributed by atoms with van der Waals surface area (Å²) in [5.74, 6) is 0.383. The average molecular weight is 261 g/mol. The summed E-state index contributed by atoms with van der Waals surface area (Å²) in [5.41, 5.74) is 7.34. The topological polar surface area (TPSA) is 44.4 Å². The third-order valence-corrected chi connectivity index (χ3v) is 3.51. The number of carbonyl (C=O) groups is 1. The Bertz CT molecular complexity index is 435. The number of hydrogen-bond donors (Lipinski definition) is 2. The van der Waals surface area contributed by atoms with Crippen LogP contribution in [0.4, 0.5) is 0 Å². The molecule has 19 heavy (non-hydrogen) atoms. The molecule has 0 spiro atoms. The van der Waals surface area contributed by atoms with Crippen LogP contribution in [0.15, 0.2) is 35.2 Å². The third-order valence-electron chi connectivity index (χ3n) is 3.51. The number of hydrazine groups is 1. The fourth-order valence-electron chi connectivity index (χ4n) is 2.58. The summed E-state index contributed by atoms with van der Waals surface area (Å²) in [5, 5.41) is 5.36. The minimum absolute atomic E-state index is 0.383. The summed E-state index contributed by atoms with van der Waals surface area (Å²) in [4.78, 5) is 11.4. The normalized spacial score (nSPS) is 21.5. The second-order valence-electron chi connectivity index (χ2n) is 4.71. The molecule has 0 atom stereocenters. The fourth-order valence-corrected chi connectivity index (χ4v) is 2.58. The minimum Gasteiger partial charge on any atom is -0.387 e. The Hall–Kier alpha value is -1.55. The Morgan fingerprint density at radius 2 is 2.16 bits per heavy atom. The van der Waals surface area contributed by atoms with Gasteiger partial charge in [0.15, 0.2) is 0 Å². The van der Waals surface area contributed by atoms with Gasteiger partial charge in [0, 0.05) is 31.6 Å². The standard InChI is InChI=1S/C13H17N3O.C2H6/c17-12-1-2-13-11(7-12)8-15-16(13)9-10-3-5-14-6-4-10;1-2/h3-5,14-15H,1-2,6-9H2;1-2H3. The zero-order valence-corrected chi connectivity index (χ0v) is 11.8. The molecule has 0 aromatic rings. The number of rotatable bonds is 2. The van der Waals surface area contributed by atoms with Crippen molar-refractivity contribution in [3.05, 3.63) is 35.2 Å². The van der Waals surface area contributed by atoms with E-state index in [4.69, 9.17) is 0 Å². The molecule has 3 rings (SSSR count). The van der Waals surface area contributed by atoms with Crippen molar-refractivity contribution in [2.75, 3.05) is 19.6 Å². The molecule has 0 bridgehead atoms. The summed E-state index contributed by atoms with van der Waals surface area (Å²) in [6, 6.07) is 0. The quantitative estimate of drug-likeness (QED) is 0.796. The molecule has 1 aliphatic carbocycles. The van der Waals surface area contributed by atoms with E-state index in [0.29, 0.717) is 18.6 Å². The third kappa shape index (κ3) is 3.26. The van der Waals surface area contributed by atoms with E-state index in [1.54, 1.807) is 0 Å². The van der Waals surface area contributed by atoms with Crippen LogP contribution in [0.25, 0.3) is 0 Å². The molecule has 3 aliphatic rings. The van der Waals surface area contributed by atoms with Crippen molar-refractivity contribution >= 4 is 5.78 Å². The molecule has 0 aromatic heterocycles. The van der Waals surface area contributed by atoms with E-state index in [-0.39, 0.29) is 0 Å². The maximum absolute atomic E-state index is 11.4. The Morgan fingerprint density at radius 1 is 1.32 bits per heavy atom. The van der Waals surface area contributed by atoms with Crippen molar-refractivity contribution in [3.63, 3.8) is 0 Å². The van der Waals surface area contributed by atoms with Crippen LogP contribution in [-0.4, -0.2) is 30.4 Å². The predicted molar refractivity (Wildman–Crippen MR) is 77.2 cm³/mol. The van der Waals surface area contributed by atoms with E-state index in [2.05, 4.69) is 27.9 Å². The highest BCUT2D eigenvalue weighted by atomic mass is 16.1. The number of hydrogen-bond acceptors (Lipinski definition) is 4. The largest absolute Gasteiger partial charge is 0.387 e. The second kappa shape index (κ2) is 6.57. The van der Waals surface area contributed by atoms with Gasteiger partial charge >= 0.3 is 0 Å². The molecule has 0 unspecified atom stereocenters. The van der Waals surface area contributed by atoms with Gasteiger partial charge in [-0.2, -0.15) is 0 Å². The van der Waals surface area contributed by atoms with Gasteiger partial charge in [-0.1, -0.05) is 19.9 Å². The molecule has 2 heterocycles. The van der Waals surface area contributed by atoms with Crippen molar-refractivity contribution < 1.29 is 4.79 Å². The summed E-state index contributed by atoms with van der Waals surface area (Å²) >= 11 is 0. The van der Waals surface area contributed by atoms with E-state index in [0.717, 1.165) is 26.1 Å². The summed E-state index contributed by atoms with van der Waals surface area (Å²) in [7, 11) is 0. The first-order valence-corrected chi connectivity index (χ1v) is 7.15. The van der Waals surface area contributed by atoms with E-state index in [1.807, 2.05) is 20.0 Å². The lowest BCUT2D eigenvalue weighted by Gasteiger charge is -2.25. The first-order valence-electron chi connectivity index (χ1n) is 7.15. The van der Waals surface area contributed by atoms with Gasteiger partial charge in [0.2, 0.25) is 0 Å². The van der Waals surface area contributed by atoms with Gasteiger partial charge in [-0.15, -0.1) is 0 Å². The van der Waals surface area contributed by atoms with Crippen LogP contribution in [0.3, 0.4) is 0 Å². The van der Waals surface area contributed by atoms with Gasteiger partial charge in [-0.05, 0) is 29.8 Å². The lowest BCUT2D eigenvalue weighted by Crippen LogP contribution is -2.34. The first-order chi connectivity index (χ1) is 9.33. The van der Waals surface area contributed by atoms with Crippen LogP contribution in [-0.2, 0) is 4.79 Å². The van der Waals surface area contributed by atoms with Crippen molar-refractivity contribution in [1.82, 2.24) is 15.8 Å². The minimum atomic E-state index is 0.383. The fraction of sp³-hybridized carbons (Fsp3) is 0.533. The maximum Gasteiger partial charge on any atom is 0.137 e. The molecule has 104 valence electrons. The zero-order chi connectivity index (χ0) is 13.7. The van der Waals surface area contributed by atoms with Crippen LogP contribution in [0.1, 0.15) is 33.1 Å². The lowest BCUT2D eigenvalue weighted by atomic mass is 9.96. The molecule has 0 saturated heterocycles. The molecule has 2 N–H and O–H groups in total. The number of ketones is 1. The summed E-state index contributed by atoms with van der Waals surface area (Å²) < 4.78 is 0. The molecule has 4 nitrogen and oxygen atoms in total. The Morgan fingerprint density at radius 3 is 2.89 bits per heavy atom. The number of Topliss-reactive ketones (excluding diaryl/α,β-unsaturated/α-hetero) is 1. The maximum atomic E-state index is 11.4. The monoisotopic (exact) mass is 261 g/mol. The molecule has 4 heteroatoms. The van der Waals surface area contributed by atoms with Crippen LogP contribution in [0.2, 0.25) is 0 Å². The Labute approximate surface area is 115 Å². The van der Waals surface area contributed by atoms with Gasteiger partial charge in [-0.3, -0.25) is 4.79 Å². The van der Waals surface area contributed by atoms with Gasteiger partial charge in [0.25, 0.3) is 0 Å². The molecule has 2 aliphatic heterocycles. The number of nitrogens with one attached hydrogen (secondary N) is 2. The van der Waals surface area contributed by atoms with Crippen LogP contribution in [0.5, 0.6) is 0 Å². The highest BCUT2D eigenvalue weighted by Gasteiger charge is 2.27. The van der Waals surface area contributed by atoms with Crippen molar-refractivity contribution in [2.24, 2.45) is 0 Å². The first kappa shape index (κ1) is 13.9. The predicted octanol–water partition coefficient (Wildman–Crippen LogP) is 1.88. The molecule has 0 saturated carbocycles. The molecule has 0 aromatic carbocycles. The van der Waals surface area contributed by atoms with Crippen molar-refractivity contribution in [1.29, 1.82) is 0 Å². The average Bonchev–Trinajstić information content (AvgIpc) is 2.84. The van der Waals surface area contributed by atoms with Gasteiger partial charge in [0.1, 0.15) is 5.78 Å². The summed E-state index contributed by atoms with van der Waals surface area (Å²) in [6.45, 7) is 6.64. The zero-order valence-electron chi connectivity index (χ0n) is 11.8. The SMILES string of the molecule is CC.O=C1CCC2=C(CNN2CC2=CCNC=C2)C1. The van der Waals surface area contributed by atoms with E-state index >= 15 is 0 Å². The van der Waals surface area contributed by atoms with Crippen LogP contribution < -0.4 is 10.7 Å². The molecule has 0 amide bonds. The van der Waals surface area contributed by atoms with Crippen LogP contribution in [0, 0.1) is 0 Å². The Kier molecular flexibility index (Phi) is 4.80. The number of dihydropyridines is 1. The Balaban J connectivity index is 0.000000637. The van der Waals surface area contributed by atoms with E-state index in [1.165, 1.54) is 16.8 Å². The summed E-state index contributed by atoms with van der Waals surface area (Å²) in [6.07, 6.45) is 8.55. The van der Waals surface area contributed by atoms with Gasteiger partial charge < -0.3 is 10.3 Å². The van der Waals surface area contributed by atoms with Crippen LogP contribution >= 0.6 is 0 Å². The molecule has 0 radical (unpaired) electrons. The molecular formula is C15H23N3O. The highest BCUT2D eigenvalue weighted by molar-refractivity contribution is 5.82. The van der Waals surface area contributed by atoms with E-state index in [9.17, 15) is 4.79 Å². The van der Waals surface area contributed by atoms with Crippen molar-refractivity contribution in [2.45, 2.75) is 33.1 Å². The number of allylic oxidation sites excluding steroid dienone is 1.